The number of hydrogen-bond acceptors (Lipinski definition) is 2. The van der Waals surface area contributed by atoms with Crippen LogP contribution in [0.5, 0.6) is 0 Å². The molecule has 0 bridgehead atoms. The van der Waals surface area contributed by atoms with Crippen molar-refractivity contribution in [3.8, 4) is 0 Å². The summed E-state index contributed by atoms with van der Waals surface area (Å²) in [6.07, 6.45) is 2.11. The van der Waals surface area contributed by atoms with Gasteiger partial charge in [-0.2, -0.15) is 0 Å². The Bertz CT molecular complexity index is 516. The SMILES string of the molecule is CCCC(CBr)CN1C(=O)C(=O)c2cc(Br)ccc21. The Morgan fingerprint density at radius 3 is 2.68 bits per heavy atom. The molecular formula is C14H15Br2NO2. The third-order valence-corrected chi connectivity index (χ3v) is 4.70. The molecule has 2 rings (SSSR count). The molecule has 1 aliphatic heterocycles. The monoisotopic (exact) mass is 387 g/mol. The lowest BCUT2D eigenvalue weighted by atomic mass is 10.1. The van der Waals surface area contributed by atoms with E-state index in [9.17, 15) is 9.59 Å². The van der Waals surface area contributed by atoms with E-state index >= 15 is 0 Å². The normalized spacial score (nSPS) is 15.8. The number of benzene rings is 1. The molecule has 1 aromatic rings. The van der Waals surface area contributed by atoms with Crippen LogP contribution in [0, 0.1) is 5.92 Å². The largest absolute Gasteiger partial charge is 0.304 e. The van der Waals surface area contributed by atoms with Crippen molar-refractivity contribution in [3.63, 3.8) is 0 Å². The standard InChI is InChI=1S/C14H15Br2NO2/c1-2-3-9(7-15)8-17-12-5-4-10(16)6-11(12)13(18)14(17)19/h4-6,9H,2-3,7-8H2,1H3. The number of fused-ring (bicyclic) bond motifs is 1. The number of nitrogens with zero attached hydrogens (tertiary/aromatic N) is 1. The quantitative estimate of drug-likeness (QED) is 0.568. The van der Waals surface area contributed by atoms with Crippen LogP contribution in [0.3, 0.4) is 0 Å². The highest BCUT2D eigenvalue weighted by atomic mass is 79.9. The van der Waals surface area contributed by atoms with Gasteiger partial charge in [0.25, 0.3) is 11.7 Å². The summed E-state index contributed by atoms with van der Waals surface area (Å²) in [5.41, 5.74) is 1.24. The van der Waals surface area contributed by atoms with Crippen molar-refractivity contribution in [2.75, 3.05) is 16.8 Å². The van der Waals surface area contributed by atoms with Crippen molar-refractivity contribution < 1.29 is 9.59 Å². The number of hydrogen-bond donors (Lipinski definition) is 0. The summed E-state index contributed by atoms with van der Waals surface area (Å²) >= 11 is 6.81. The Morgan fingerprint density at radius 1 is 1.32 bits per heavy atom. The second-order valence-electron chi connectivity index (χ2n) is 4.72. The minimum absolute atomic E-state index is 0.372. The zero-order chi connectivity index (χ0) is 14.0. The second-order valence-corrected chi connectivity index (χ2v) is 6.28. The van der Waals surface area contributed by atoms with Crippen molar-refractivity contribution >= 4 is 49.2 Å². The van der Waals surface area contributed by atoms with E-state index < -0.39 is 11.7 Å². The molecule has 3 nitrogen and oxygen atoms in total. The molecule has 1 atom stereocenters. The van der Waals surface area contributed by atoms with Gasteiger partial charge < -0.3 is 4.90 Å². The highest BCUT2D eigenvalue weighted by Crippen LogP contribution is 2.32. The van der Waals surface area contributed by atoms with Gasteiger partial charge in [-0.1, -0.05) is 45.2 Å². The molecule has 1 unspecified atom stereocenters. The van der Waals surface area contributed by atoms with Gasteiger partial charge in [0.05, 0.1) is 11.3 Å². The van der Waals surface area contributed by atoms with E-state index in [0.717, 1.165) is 28.3 Å². The number of carbonyl (C=O) groups excluding carboxylic acids is 2. The molecular weight excluding hydrogens is 374 g/mol. The molecule has 0 fully saturated rings. The highest BCUT2D eigenvalue weighted by Gasteiger charge is 2.36. The molecule has 1 aliphatic rings. The van der Waals surface area contributed by atoms with Gasteiger partial charge in [-0.05, 0) is 30.5 Å². The smallest absolute Gasteiger partial charge is 0.299 e. The number of amides is 1. The van der Waals surface area contributed by atoms with Gasteiger partial charge in [-0.3, -0.25) is 9.59 Å². The molecule has 0 saturated heterocycles. The number of anilines is 1. The molecule has 0 N–H and O–H groups in total. The molecule has 0 radical (unpaired) electrons. The van der Waals surface area contributed by atoms with Crippen LogP contribution in [0.15, 0.2) is 22.7 Å². The van der Waals surface area contributed by atoms with Crippen LogP contribution in [0.4, 0.5) is 5.69 Å². The lowest BCUT2D eigenvalue weighted by Gasteiger charge is -2.22. The molecule has 1 aromatic carbocycles. The number of alkyl halides is 1. The molecule has 0 saturated carbocycles. The molecule has 1 amide bonds. The van der Waals surface area contributed by atoms with Crippen molar-refractivity contribution in [1.29, 1.82) is 0 Å². The minimum atomic E-state index is -0.407. The summed E-state index contributed by atoms with van der Waals surface area (Å²) in [5, 5.41) is 0.838. The van der Waals surface area contributed by atoms with Crippen LogP contribution in [-0.2, 0) is 4.79 Å². The lowest BCUT2D eigenvalue weighted by molar-refractivity contribution is -0.114. The van der Waals surface area contributed by atoms with Gasteiger partial charge in [-0.15, -0.1) is 0 Å². The maximum absolute atomic E-state index is 12.1. The van der Waals surface area contributed by atoms with Crippen LogP contribution in [0.25, 0.3) is 0 Å². The van der Waals surface area contributed by atoms with Crippen LogP contribution in [0.2, 0.25) is 0 Å². The van der Waals surface area contributed by atoms with Crippen LogP contribution >= 0.6 is 31.9 Å². The zero-order valence-electron chi connectivity index (χ0n) is 10.7. The average molecular weight is 389 g/mol. The molecule has 0 aliphatic carbocycles. The third-order valence-electron chi connectivity index (χ3n) is 3.29. The predicted molar refractivity (Wildman–Crippen MR) is 83.0 cm³/mol. The number of rotatable bonds is 5. The van der Waals surface area contributed by atoms with E-state index in [1.54, 1.807) is 11.0 Å². The summed E-state index contributed by atoms with van der Waals surface area (Å²) < 4.78 is 0.819. The first-order valence-electron chi connectivity index (χ1n) is 6.30. The van der Waals surface area contributed by atoms with Gasteiger partial charge in [-0.25, -0.2) is 0 Å². The maximum Gasteiger partial charge on any atom is 0.299 e. The van der Waals surface area contributed by atoms with Crippen molar-refractivity contribution in [3.05, 3.63) is 28.2 Å². The van der Waals surface area contributed by atoms with Crippen LogP contribution < -0.4 is 4.90 Å². The molecule has 102 valence electrons. The fraction of sp³-hybridized carbons (Fsp3) is 0.429. The highest BCUT2D eigenvalue weighted by molar-refractivity contribution is 9.10. The number of carbonyl (C=O) groups is 2. The first-order valence-corrected chi connectivity index (χ1v) is 8.21. The maximum atomic E-state index is 12.1. The van der Waals surface area contributed by atoms with Gasteiger partial charge in [0.2, 0.25) is 0 Å². The van der Waals surface area contributed by atoms with Gasteiger partial charge in [0.1, 0.15) is 0 Å². The molecule has 0 aromatic heterocycles. The fourth-order valence-corrected chi connectivity index (χ4v) is 3.23. The van der Waals surface area contributed by atoms with E-state index in [0.29, 0.717) is 18.0 Å². The van der Waals surface area contributed by atoms with E-state index in [2.05, 4.69) is 38.8 Å². The predicted octanol–water partition coefficient (Wildman–Crippen LogP) is 3.79. The number of halogens is 2. The fourth-order valence-electron chi connectivity index (χ4n) is 2.34. The molecule has 0 spiro atoms. The molecule has 5 heteroatoms. The molecule has 19 heavy (non-hydrogen) atoms. The number of ketones is 1. The van der Waals surface area contributed by atoms with Crippen LogP contribution in [-0.4, -0.2) is 23.6 Å². The van der Waals surface area contributed by atoms with E-state index in [4.69, 9.17) is 0 Å². The summed E-state index contributed by atoms with van der Waals surface area (Å²) in [6, 6.07) is 5.42. The Balaban J connectivity index is 2.28. The summed E-state index contributed by atoms with van der Waals surface area (Å²) in [6.45, 7) is 2.72. The minimum Gasteiger partial charge on any atom is -0.304 e. The van der Waals surface area contributed by atoms with Crippen molar-refractivity contribution in [1.82, 2.24) is 0 Å². The topological polar surface area (TPSA) is 37.4 Å². The van der Waals surface area contributed by atoms with Crippen molar-refractivity contribution in [2.45, 2.75) is 19.8 Å². The Hall–Kier alpha value is -0.680. The Morgan fingerprint density at radius 2 is 2.05 bits per heavy atom. The molecule has 1 heterocycles. The third kappa shape index (κ3) is 2.92. The van der Waals surface area contributed by atoms with E-state index in [1.807, 2.05) is 12.1 Å². The van der Waals surface area contributed by atoms with Gasteiger partial charge in [0, 0.05) is 16.3 Å². The Kier molecular flexibility index (Phi) is 4.79. The first-order chi connectivity index (χ1) is 9.08. The van der Waals surface area contributed by atoms with E-state index in [-0.39, 0.29) is 0 Å². The summed E-state index contributed by atoms with van der Waals surface area (Å²) in [7, 11) is 0. The van der Waals surface area contributed by atoms with Crippen LogP contribution in [0.1, 0.15) is 30.1 Å². The zero-order valence-corrected chi connectivity index (χ0v) is 13.8. The van der Waals surface area contributed by atoms with Gasteiger partial charge >= 0.3 is 0 Å². The second kappa shape index (κ2) is 6.18. The number of Topliss-reactive ketones (excluding diaryl/α,β-unsaturated/α-hetero) is 1. The first kappa shape index (κ1) is 14.7. The average Bonchev–Trinajstić information content (AvgIpc) is 2.63. The van der Waals surface area contributed by atoms with Crippen molar-refractivity contribution in [2.24, 2.45) is 5.92 Å². The summed E-state index contributed by atoms with van der Waals surface area (Å²) in [5.74, 6) is -0.437. The van der Waals surface area contributed by atoms with E-state index in [1.165, 1.54) is 0 Å². The summed E-state index contributed by atoms with van der Waals surface area (Å²) in [4.78, 5) is 25.7. The lowest BCUT2D eigenvalue weighted by Crippen LogP contribution is -2.34. The van der Waals surface area contributed by atoms with Gasteiger partial charge in [0.15, 0.2) is 0 Å². The Labute approximate surface area is 129 Å².